The minimum absolute atomic E-state index is 0. The summed E-state index contributed by atoms with van der Waals surface area (Å²) in [5.74, 6) is -31.9. The van der Waals surface area contributed by atoms with E-state index in [2.05, 4.69) is 5.14 Å². The van der Waals surface area contributed by atoms with Gasteiger partial charge in [-0.05, 0) is 0 Å². The third-order valence-corrected chi connectivity index (χ3v) is 7.68. The first-order valence-corrected chi connectivity index (χ1v) is 11.4. The Morgan fingerprint density at radius 2 is 0.931 bits per heavy atom. The Bertz CT molecular complexity index is 704. The van der Waals surface area contributed by atoms with Crippen molar-refractivity contribution in [1.82, 2.24) is 3.97 Å². The third-order valence-electron chi connectivity index (χ3n) is 3.04. The standard InChI is InChI=1S/C9H11F13N2O2SSi.Na/c1-28(2,3)24(27(23,25)26)9(21,22)7(16,17)5(12,13)4(10,11)6(14,15)8(18,19)20;/h1-3H3,(H2,23,25,26);. The zero-order chi connectivity index (χ0) is 23.6. The Hall–Kier alpha value is 0.177. The minimum atomic E-state index is -8.12. The van der Waals surface area contributed by atoms with Crippen LogP contribution in [0.5, 0.6) is 0 Å². The average Bonchev–Trinajstić information content (AvgIpc) is 2.31. The molecular formula is C9H11F13N2NaO2SSi. The molecule has 0 saturated carbocycles. The number of rotatable bonds is 7. The Labute approximate surface area is 178 Å². The van der Waals surface area contributed by atoms with E-state index < -0.39 is 58.3 Å². The van der Waals surface area contributed by atoms with E-state index >= 15 is 0 Å². The molecule has 0 bridgehead atoms. The third kappa shape index (κ3) is 4.84. The second-order valence-corrected chi connectivity index (χ2v) is 12.8. The van der Waals surface area contributed by atoms with Crippen molar-refractivity contribution in [3.63, 3.8) is 0 Å². The molecule has 0 atom stereocenters. The van der Waals surface area contributed by atoms with Gasteiger partial charge in [0.1, 0.15) is 8.24 Å². The van der Waals surface area contributed by atoms with Crippen LogP contribution < -0.4 is 5.14 Å². The molecule has 0 rings (SSSR count). The summed E-state index contributed by atoms with van der Waals surface area (Å²) in [5.41, 5.74) is 0. The van der Waals surface area contributed by atoms with E-state index in [1.54, 1.807) is 0 Å². The van der Waals surface area contributed by atoms with Gasteiger partial charge in [0.2, 0.25) is 0 Å². The fourth-order valence-electron chi connectivity index (χ4n) is 1.85. The monoisotopic (exact) mass is 509 g/mol. The van der Waals surface area contributed by atoms with Gasteiger partial charge in [0.15, 0.2) is 0 Å². The molecular weight excluding hydrogens is 498 g/mol. The van der Waals surface area contributed by atoms with Crippen molar-refractivity contribution < 1.29 is 65.5 Å². The molecule has 0 spiro atoms. The van der Waals surface area contributed by atoms with Gasteiger partial charge in [-0.2, -0.15) is 65.5 Å². The Morgan fingerprint density at radius 1 is 0.655 bits per heavy atom. The zero-order valence-electron chi connectivity index (χ0n) is 14.7. The molecule has 0 aromatic rings. The maximum atomic E-state index is 14.0. The summed E-state index contributed by atoms with van der Waals surface area (Å²) in [7, 11) is -10.5. The van der Waals surface area contributed by atoms with Crippen LogP contribution in [0, 0.1) is 0 Å². The smallest absolute Gasteiger partial charge is 0.216 e. The molecule has 0 fully saturated rings. The molecule has 1 radical (unpaired) electrons. The topological polar surface area (TPSA) is 63.4 Å². The molecule has 29 heavy (non-hydrogen) atoms. The number of nitrogens with two attached hydrogens (primary N) is 1. The van der Waals surface area contributed by atoms with Crippen molar-refractivity contribution in [2.45, 2.75) is 55.6 Å². The van der Waals surface area contributed by atoms with Gasteiger partial charge < -0.3 is 0 Å². The summed E-state index contributed by atoms with van der Waals surface area (Å²) in [4.78, 5) is 0. The minimum Gasteiger partial charge on any atom is -0.216 e. The Kier molecular flexibility index (Phi) is 8.59. The van der Waals surface area contributed by atoms with Gasteiger partial charge in [0.05, 0.1) is 0 Å². The average molecular weight is 509 g/mol. The molecule has 0 saturated heterocycles. The van der Waals surface area contributed by atoms with Crippen LogP contribution >= 0.6 is 0 Å². The summed E-state index contributed by atoms with van der Waals surface area (Å²) >= 11 is 0. The van der Waals surface area contributed by atoms with E-state index in [1.165, 1.54) is 0 Å². The van der Waals surface area contributed by atoms with E-state index in [4.69, 9.17) is 0 Å². The largest absolute Gasteiger partial charge is 0.460 e. The predicted molar refractivity (Wildman–Crippen MR) is 74.8 cm³/mol. The van der Waals surface area contributed by atoms with Crippen molar-refractivity contribution in [3.8, 4) is 0 Å². The Morgan fingerprint density at radius 3 is 1.14 bits per heavy atom. The van der Waals surface area contributed by atoms with Crippen molar-refractivity contribution in [2.24, 2.45) is 5.14 Å². The maximum Gasteiger partial charge on any atom is 0.460 e. The van der Waals surface area contributed by atoms with Crippen LogP contribution in [0.15, 0.2) is 0 Å². The molecule has 0 aliphatic heterocycles. The van der Waals surface area contributed by atoms with Crippen LogP contribution in [0.3, 0.4) is 0 Å². The van der Waals surface area contributed by atoms with Crippen LogP contribution in [0.4, 0.5) is 57.1 Å². The molecule has 0 aromatic heterocycles. The molecule has 171 valence electrons. The van der Waals surface area contributed by atoms with Crippen LogP contribution in [0.25, 0.3) is 0 Å². The molecule has 4 nitrogen and oxygen atoms in total. The summed E-state index contributed by atoms with van der Waals surface area (Å²) in [6.45, 7) is 1.42. The first-order valence-electron chi connectivity index (χ1n) is 6.41. The number of hydrogen-bond acceptors (Lipinski definition) is 2. The van der Waals surface area contributed by atoms with Crippen LogP contribution in [0.2, 0.25) is 19.6 Å². The van der Waals surface area contributed by atoms with Crippen LogP contribution in [-0.4, -0.2) is 86.1 Å². The molecule has 0 aliphatic rings. The molecule has 0 amide bonds. The van der Waals surface area contributed by atoms with E-state index in [-0.39, 0.29) is 29.6 Å². The summed E-state index contributed by atoms with van der Waals surface area (Å²) in [6, 6.07) is -6.92. The molecule has 0 aromatic carbocycles. The number of nitrogens with zero attached hydrogens (tertiary/aromatic N) is 1. The molecule has 0 heterocycles. The summed E-state index contributed by atoms with van der Waals surface area (Å²) < 4.78 is 190. The van der Waals surface area contributed by atoms with E-state index in [9.17, 15) is 65.5 Å². The first-order chi connectivity index (χ1) is 11.6. The van der Waals surface area contributed by atoms with Gasteiger partial charge >= 0.3 is 35.9 Å². The predicted octanol–water partition coefficient (Wildman–Crippen LogP) is 3.64. The summed E-state index contributed by atoms with van der Waals surface area (Å²) in [5, 5.41) is 4.22. The second kappa shape index (κ2) is 7.95. The van der Waals surface area contributed by atoms with Crippen molar-refractivity contribution in [1.29, 1.82) is 0 Å². The number of hydrogen-bond donors (Lipinski definition) is 1. The van der Waals surface area contributed by atoms with Crippen LogP contribution in [0.1, 0.15) is 0 Å². The van der Waals surface area contributed by atoms with Crippen molar-refractivity contribution >= 4 is 48.0 Å². The normalized spacial score (nSPS) is 16.1. The molecule has 2 N–H and O–H groups in total. The Balaban J connectivity index is 0. The van der Waals surface area contributed by atoms with Gasteiger partial charge in [-0.1, -0.05) is 19.6 Å². The van der Waals surface area contributed by atoms with Gasteiger partial charge in [-0.15, -0.1) is 3.97 Å². The molecule has 0 aliphatic carbocycles. The zero-order valence-corrected chi connectivity index (χ0v) is 18.5. The first kappa shape index (κ1) is 31.4. The van der Waals surface area contributed by atoms with Gasteiger partial charge in [-0.25, -0.2) is 5.14 Å². The SMILES string of the molecule is C[Si](C)(C)N(C(F)(F)C(F)(F)C(F)(F)C(F)(F)C(F)(F)C(F)(F)F)S(N)(=O)=O.[Na]. The fourth-order valence-corrected chi connectivity index (χ4v) is 6.32. The second-order valence-electron chi connectivity index (χ2n) is 6.32. The maximum absolute atomic E-state index is 14.0. The van der Waals surface area contributed by atoms with Crippen molar-refractivity contribution in [2.75, 3.05) is 0 Å². The van der Waals surface area contributed by atoms with E-state index in [1.807, 2.05) is 0 Å². The number of alkyl halides is 13. The quantitative estimate of drug-likeness (QED) is 0.324. The van der Waals surface area contributed by atoms with Gasteiger partial charge in [0, 0.05) is 29.6 Å². The fraction of sp³-hybridized carbons (Fsp3) is 1.00. The molecule has 20 heteroatoms. The van der Waals surface area contributed by atoms with E-state index in [0.29, 0.717) is 19.6 Å². The van der Waals surface area contributed by atoms with Crippen molar-refractivity contribution in [3.05, 3.63) is 0 Å². The van der Waals surface area contributed by atoms with Gasteiger partial charge in [0.25, 0.3) is 10.2 Å². The van der Waals surface area contributed by atoms with E-state index in [0.717, 1.165) is 0 Å². The van der Waals surface area contributed by atoms with Gasteiger partial charge in [-0.3, -0.25) is 0 Å². The summed E-state index contributed by atoms with van der Waals surface area (Å²) in [6.07, 6.45) is -7.55. The molecule has 0 unspecified atom stereocenters. The van der Waals surface area contributed by atoms with Crippen LogP contribution in [-0.2, 0) is 10.2 Å². The number of halogens is 13.